The largest absolute Gasteiger partial charge is 0.392 e. The van der Waals surface area contributed by atoms with Crippen molar-refractivity contribution in [1.82, 2.24) is 15.0 Å². The van der Waals surface area contributed by atoms with Gasteiger partial charge in [-0.25, -0.2) is 13.1 Å². The predicted octanol–water partition coefficient (Wildman–Crippen LogP) is 2.07. The van der Waals surface area contributed by atoms with Crippen LogP contribution in [0.2, 0.25) is 0 Å². The van der Waals surface area contributed by atoms with Gasteiger partial charge in [-0.05, 0) is 60.5 Å². The van der Waals surface area contributed by atoms with E-state index < -0.39 is 16.1 Å². The van der Waals surface area contributed by atoms with E-state index in [0.29, 0.717) is 6.54 Å². The lowest BCUT2D eigenvalue weighted by Crippen LogP contribution is -2.58. The summed E-state index contributed by atoms with van der Waals surface area (Å²) in [4.78, 5) is 16.9. The lowest BCUT2D eigenvalue weighted by molar-refractivity contribution is -0.141. The number of nitrogens with zero attached hydrogens (tertiary/aromatic N) is 1. The molecular weight excluding hydrogens is 402 g/mol. The molecule has 0 saturated heterocycles. The van der Waals surface area contributed by atoms with E-state index in [0.717, 1.165) is 31.2 Å². The average Bonchev–Trinajstić information content (AvgIpc) is 2.68. The van der Waals surface area contributed by atoms with Gasteiger partial charge in [-0.3, -0.25) is 9.78 Å². The van der Waals surface area contributed by atoms with Gasteiger partial charge >= 0.3 is 0 Å². The van der Waals surface area contributed by atoms with Gasteiger partial charge in [0.1, 0.15) is 0 Å². The summed E-state index contributed by atoms with van der Waals surface area (Å²) < 4.78 is 26.3. The van der Waals surface area contributed by atoms with Crippen LogP contribution in [-0.4, -0.2) is 42.8 Å². The van der Waals surface area contributed by atoms with E-state index in [-0.39, 0.29) is 41.0 Å². The first-order valence-corrected chi connectivity index (χ1v) is 12.7. The fourth-order valence-corrected chi connectivity index (χ4v) is 6.66. The molecule has 1 aromatic rings. The number of amides is 1. The van der Waals surface area contributed by atoms with Crippen LogP contribution in [0.15, 0.2) is 24.5 Å². The summed E-state index contributed by atoms with van der Waals surface area (Å²) in [6.07, 6.45) is 7.36. The molecule has 0 bridgehead atoms. The molecule has 7 atom stereocenters. The molecule has 1 aromatic heterocycles. The standard InChI is InChI=1S/C22H35N3O4S/c1-14(21(27)24-13-16-6-5-11-23-12-16)17-7-9-22(3)10-8-18(25-30(4,28)29)15(2)19(22)20(17)26/h5-6,11-12,14-15,17-20,25-26H,7-10,13H2,1-4H3,(H,24,27)/t14-,15+,17?,18-,19+,20-,22-/m0/s1. The number of pyridine rings is 1. The number of hydrogen-bond acceptors (Lipinski definition) is 5. The second-order valence-corrected chi connectivity index (χ2v) is 11.4. The number of fused-ring (bicyclic) bond motifs is 1. The predicted molar refractivity (Wildman–Crippen MR) is 116 cm³/mol. The first kappa shape index (κ1) is 23.2. The second-order valence-electron chi connectivity index (χ2n) is 9.63. The van der Waals surface area contributed by atoms with Gasteiger partial charge < -0.3 is 10.4 Å². The molecule has 8 heteroatoms. The van der Waals surface area contributed by atoms with Crippen molar-refractivity contribution in [1.29, 1.82) is 0 Å². The van der Waals surface area contributed by atoms with Crippen LogP contribution in [0.3, 0.4) is 0 Å². The minimum Gasteiger partial charge on any atom is -0.392 e. The Hall–Kier alpha value is -1.51. The number of nitrogens with one attached hydrogen (secondary N) is 2. The van der Waals surface area contributed by atoms with E-state index in [1.165, 1.54) is 6.26 Å². The Morgan fingerprint density at radius 1 is 1.37 bits per heavy atom. The minimum atomic E-state index is -3.31. The maximum atomic E-state index is 12.8. The molecule has 3 N–H and O–H groups in total. The van der Waals surface area contributed by atoms with Gasteiger partial charge in [0.15, 0.2) is 0 Å². The fraction of sp³-hybridized carbons (Fsp3) is 0.727. The maximum absolute atomic E-state index is 12.8. The number of carbonyl (C=O) groups is 1. The highest BCUT2D eigenvalue weighted by Crippen LogP contribution is 2.55. The summed E-state index contributed by atoms with van der Waals surface area (Å²) in [6, 6.07) is 3.57. The number of hydrogen-bond donors (Lipinski definition) is 3. The highest BCUT2D eigenvalue weighted by molar-refractivity contribution is 7.88. The van der Waals surface area contributed by atoms with Crippen molar-refractivity contribution >= 4 is 15.9 Å². The van der Waals surface area contributed by atoms with Gasteiger partial charge in [-0.15, -0.1) is 0 Å². The summed E-state index contributed by atoms with van der Waals surface area (Å²) in [5, 5.41) is 14.3. The van der Waals surface area contributed by atoms with Gasteiger partial charge in [0.05, 0.1) is 12.4 Å². The van der Waals surface area contributed by atoms with E-state index in [2.05, 4.69) is 21.9 Å². The Kier molecular flexibility index (Phi) is 6.89. The number of sulfonamides is 1. The molecule has 2 fully saturated rings. The average molecular weight is 438 g/mol. The van der Waals surface area contributed by atoms with E-state index >= 15 is 0 Å². The van der Waals surface area contributed by atoms with E-state index in [1.54, 1.807) is 12.4 Å². The molecule has 0 aliphatic heterocycles. The molecule has 1 heterocycles. The number of carbonyl (C=O) groups excluding carboxylic acids is 1. The number of aromatic nitrogens is 1. The van der Waals surface area contributed by atoms with Gasteiger partial charge in [-0.1, -0.05) is 26.8 Å². The summed E-state index contributed by atoms with van der Waals surface area (Å²) in [5.74, 6) is -0.575. The lowest BCUT2D eigenvalue weighted by atomic mass is 9.52. The molecule has 7 nitrogen and oxygen atoms in total. The van der Waals surface area contributed by atoms with Crippen LogP contribution in [0, 0.1) is 29.1 Å². The molecule has 1 unspecified atom stereocenters. The Balaban J connectivity index is 1.69. The van der Waals surface area contributed by atoms with E-state index in [9.17, 15) is 18.3 Å². The van der Waals surface area contributed by atoms with Gasteiger partial charge in [0.2, 0.25) is 15.9 Å². The minimum absolute atomic E-state index is 0.00179. The zero-order valence-electron chi connectivity index (χ0n) is 18.3. The first-order chi connectivity index (χ1) is 14.0. The third kappa shape index (κ3) is 5.03. The number of aliphatic hydroxyl groups is 1. The molecule has 3 rings (SSSR count). The number of aliphatic hydroxyl groups excluding tert-OH is 1. The highest BCUT2D eigenvalue weighted by atomic mass is 32.2. The fourth-order valence-electron chi connectivity index (χ4n) is 5.78. The van der Waals surface area contributed by atoms with Crippen LogP contribution in [0.5, 0.6) is 0 Å². The SMILES string of the molecule is C[C@H]1[C@@H]2[C@@H](O)C([C@H](C)C(=O)NCc3cccnc3)CC[C@@]2(C)CC[C@@H]1NS(C)(=O)=O. The van der Waals surface area contributed by atoms with Crippen LogP contribution in [0.1, 0.15) is 52.0 Å². The summed E-state index contributed by atoms with van der Waals surface area (Å²) in [5.41, 5.74) is 0.905. The first-order valence-electron chi connectivity index (χ1n) is 10.8. The van der Waals surface area contributed by atoms with E-state index in [4.69, 9.17) is 0 Å². The molecule has 2 aliphatic carbocycles. The third-order valence-corrected chi connectivity index (χ3v) is 8.23. The molecule has 0 spiro atoms. The Morgan fingerprint density at radius 2 is 2.07 bits per heavy atom. The molecule has 30 heavy (non-hydrogen) atoms. The third-order valence-electron chi connectivity index (χ3n) is 7.50. The molecular formula is C22H35N3O4S. The van der Waals surface area contributed by atoms with Crippen LogP contribution >= 0.6 is 0 Å². The van der Waals surface area contributed by atoms with Crippen LogP contribution in [-0.2, 0) is 21.4 Å². The van der Waals surface area contributed by atoms with Crippen molar-refractivity contribution in [3.8, 4) is 0 Å². The van der Waals surface area contributed by atoms with Crippen molar-refractivity contribution in [2.75, 3.05) is 6.26 Å². The van der Waals surface area contributed by atoms with Crippen molar-refractivity contribution in [2.24, 2.45) is 29.1 Å². The molecule has 2 aliphatic rings. The molecule has 0 aromatic carbocycles. The Labute approximate surface area is 180 Å². The summed E-state index contributed by atoms with van der Waals surface area (Å²) >= 11 is 0. The number of rotatable bonds is 6. The molecule has 168 valence electrons. The van der Waals surface area contributed by atoms with Crippen molar-refractivity contribution in [2.45, 2.75) is 65.1 Å². The van der Waals surface area contributed by atoms with Gasteiger partial charge in [0.25, 0.3) is 0 Å². The maximum Gasteiger partial charge on any atom is 0.223 e. The van der Waals surface area contributed by atoms with Crippen molar-refractivity contribution < 1.29 is 18.3 Å². The summed E-state index contributed by atoms with van der Waals surface area (Å²) in [6.45, 7) is 6.54. The molecule has 2 saturated carbocycles. The normalized spacial score (nSPS) is 35.3. The zero-order valence-corrected chi connectivity index (χ0v) is 19.2. The monoisotopic (exact) mass is 437 g/mol. The second kappa shape index (κ2) is 8.93. The lowest BCUT2D eigenvalue weighted by Gasteiger charge is -2.56. The zero-order chi connectivity index (χ0) is 22.1. The van der Waals surface area contributed by atoms with Gasteiger partial charge in [-0.2, -0.15) is 0 Å². The smallest absolute Gasteiger partial charge is 0.223 e. The summed E-state index contributed by atoms with van der Waals surface area (Å²) in [7, 11) is -3.31. The van der Waals surface area contributed by atoms with Gasteiger partial charge in [0, 0.05) is 30.9 Å². The highest BCUT2D eigenvalue weighted by Gasteiger charge is 2.53. The topological polar surface area (TPSA) is 108 Å². The van der Waals surface area contributed by atoms with Crippen molar-refractivity contribution in [3.63, 3.8) is 0 Å². The quantitative estimate of drug-likeness (QED) is 0.631. The Bertz CT molecular complexity index is 847. The van der Waals surface area contributed by atoms with E-state index in [1.807, 2.05) is 26.0 Å². The van der Waals surface area contributed by atoms with Crippen molar-refractivity contribution in [3.05, 3.63) is 30.1 Å². The van der Waals surface area contributed by atoms with Crippen LogP contribution in [0.25, 0.3) is 0 Å². The molecule has 0 radical (unpaired) electrons. The molecule has 1 amide bonds. The Morgan fingerprint density at radius 3 is 2.70 bits per heavy atom. The van der Waals surface area contributed by atoms with Crippen LogP contribution in [0.4, 0.5) is 0 Å². The van der Waals surface area contributed by atoms with Crippen LogP contribution < -0.4 is 10.0 Å².